The number of esters is 1. The lowest BCUT2D eigenvalue weighted by atomic mass is 10.1. The molecule has 0 saturated heterocycles. The first kappa shape index (κ1) is 18.4. The van der Waals surface area contributed by atoms with Crippen molar-refractivity contribution in [1.82, 2.24) is 5.48 Å². The van der Waals surface area contributed by atoms with E-state index in [1.54, 1.807) is 37.3 Å². The number of carbonyl (C=O) groups is 2. The van der Waals surface area contributed by atoms with Crippen LogP contribution in [0.4, 0.5) is 15.8 Å². The number of hydrogen-bond donors (Lipinski definition) is 2. The van der Waals surface area contributed by atoms with Crippen molar-refractivity contribution in [3.8, 4) is 0 Å². The van der Waals surface area contributed by atoms with Gasteiger partial charge in [0.25, 0.3) is 5.91 Å². The Kier molecular flexibility index (Phi) is 6.08. The van der Waals surface area contributed by atoms with Crippen molar-refractivity contribution in [1.29, 1.82) is 0 Å². The standard InChI is InChI=1S/C18H19FN2O4/c1-11-5-7-15(14(19)8-11)20-16-9-12(2)4-6-13(16)18(23)21-25-10-17(22)24-3/h4-9,20H,10H2,1-3H3,(H,21,23). The number of hydroxylamine groups is 1. The fourth-order valence-corrected chi connectivity index (χ4v) is 2.10. The van der Waals surface area contributed by atoms with Crippen LogP contribution < -0.4 is 10.8 Å². The zero-order chi connectivity index (χ0) is 18.4. The van der Waals surface area contributed by atoms with Gasteiger partial charge in [-0.25, -0.2) is 14.7 Å². The molecule has 0 atom stereocenters. The topological polar surface area (TPSA) is 76.7 Å². The molecule has 2 aromatic rings. The maximum atomic E-state index is 14.1. The van der Waals surface area contributed by atoms with Crippen LogP contribution in [-0.2, 0) is 14.4 Å². The minimum atomic E-state index is -0.621. The molecule has 2 aromatic carbocycles. The molecule has 0 fully saturated rings. The molecule has 2 rings (SSSR count). The third-order valence-electron chi connectivity index (χ3n) is 3.40. The predicted octanol–water partition coefficient (Wildman–Crippen LogP) is 3.02. The number of halogens is 1. The summed E-state index contributed by atoms with van der Waals surface area (Å²) in [5.41, 5.74) is 4.76. The Morgan fingerprint density at radius 2 is 1.72 bits per heavy atom. The molecule has 132 valence electrons. The molecule has 0 bridgehead atoms. The van der Waals surface area contributed by atoms with Crippen LogP contribution in [0.15, 0.2) is 36.4 Å². The highest BCUT2D eigenvalue weighted by Gasteiger charge is 2.14. The van der Waals surface area contributed by atoms with Crippen LogP contribution in [0.25, 0.3) is 0 Å². The van der Waals surface area contributed by atoms with Gasteiger partial charge in [-0.3, -0.25) is 9.63 Å². The van der Waals surface area contributed by atoms with E-state index in [-0.39, 0.29) is 11.3 Å². The average molecular weight is 346 g/mol. The third-order valence-corrected chi connectivity index (χ3v) is 3.40. The predicted molar refractivity (Wildman–Crippen MR) is 91.0 cm³/mol. The molecule has 25 heavy (non-hydrogen) atoms. The molecule has 0 heterocycles. The molecule has 0 unspecified atom stereocenters. The van der Waals surface area contributed by atoms with Crippen LogP contribution in [0, 0.1) is 19.7 Å². The van der Waals surface area contributed by atoms with Crippen LogP contribution in [-0.4, -0.2) is 25.6 Å². The first-order valence-corrected chi connectivity index (χ1v) is 7.53. The minimum Gasteiger partial charge on any atom is -0.467 e. The van der Waals surface area contributed by atoms with Crippen molar-refractivity contribution in [2.24, 2.45) is 0 Å². The van der Waals surface area contributed by atoms with Gasteiger partial charge in [0.2, 0.25) is 0 Å². The SMILES string of the molecule is COC(=O)CONC(=O)c1ccc(C)cc1Nc1ccc(C)cc1F. The minimum absolute atomic E-state index is 0.246. The Hall–Kier alpha value is -2.93. The smallest absolute Gasteiger partial charge is 0.334 e. The van der Waals surface area contributed by atoms with Crippen molar-refractivity contribution < 1.29 is 23.6 Å². The van der Waals surface area contributed by atoms with Gasteiger partial charge in [0, 0.05) is 0 Å². The van der Waals surface area contributed by atoms with E-state index in [9.17, 15) is 14.0 Å². The van der Waals surface area contributed by atoms with E-state index in [1.807, 2.05) is 6.92 Å². The van der Waals surface area contributed by atoms with E-state index in [0.717, 1.165) is 11.1 Å². The second-order valence-corrected chi connectivity index (χ2v) is 5.45. The van der Waals surface area contributed by atoms with Gasteiger partial charge in [-0.2, -0.15) is 0 Å². The summed E-state index contributed by atoms with van der Waals surface area (Å²) in [6.07, 6.45) is 0. The van der Waals surface area contributed by atoms with Gasteiger partial charge in [0.05, 0.1) is 24.0 Å². The second-order valence-electron chi connectivity index (χ2n) is 5.45. The van der Waals surface area contributed by atoms with Gasteiger partial charge >= 0.3 is 5.97 Å². The Balaban J connectivity index is 2.19. The van der Waals surface area contributed by atoms with Gasteiger partial charge in [-0.05, 0) is 49.2 Å². The van der Waals surface area contributed by atoms with Gasteiger partial charge in [-0.1, -0.05) is 12.1 Å². The zero-order valence-electron chi connectivity index (χ0n) is 14.2. The highest BCUT2D eigenvalue weighted by atomic mass is 19.1. The number of methoxy groups -OCH3 is 1. The van der Waals surface area contributed by atoms with Crippen molar-refractivity contribution in [3.05, 3.63) is 58.9 Å². The maximum absolute atomic E-state index is 14.1. The lowest BCUT2D eigenvalue weighted by Crippen LogP contribution is -2.27. The molecule has 1 amide bonds. The molecule has 2 N–H and O–H groups in total. The van der Waals surface area contributed by atoms with E-state index in [0.29, 0.717) is 5.69 Å². The van der Waals surface area contributed by atoms with Crippen LogP contribution in [0.5, 0.6) is 0 Å². The van der Waals surface area contributed by atoms with E-state index in [2.05, 4.69) is 15.5 Å². The summed E-state index contributed by atoms with van der Waals surface area (Å²) in [6.45, 7) is 3.23. The van der Waals surface area contributed by atoms with Crippen LogP contribution in [0.3, 0.4) is 0 Å². The van der Waals surface area contributed by atoms with E-state index < -0.39 is 24.3 Å². The molecule has 0 aliphatic rings. The van der Waals surface area contributed by atoms with E-state index in [4.69, 9.17) is 4.84 Å². The molecule has 7 heteroatoms. The van der Waals surface area contributed by atoms with E-state index >= 15 is 0 Å². The Labute approximate surface area is 144 Å². The number of ether oxygens (including phenoxy) is 1. The summed E-state index contributed by atoms with van der Waals surface area (Å²) in [4.78, 5) is 28.1. The molecule has 0 radical (unpaired) electrons. The number of hydrogen-bond acceptors (Lipinski definition) is 5. The second kappa shape index (κ2) is 8.25. The highest BCUT2D eigenvalue weighted by molar-refractivity contribution is 6.00. The van der Waals surface area contributed by atoms with Gasteiger partial charge in [0.15, 0.2) is 6.61 Å². The number of carbonyl (C=O) groups excluding carboxylic acids is 2. The number of benzene rings is 2. The molecule has 0 aliphatic heterocycles. The van der Waals surface area contributed by atoms with Crippen LogP contribution in [0.2, 0.25) is 0 Å². The summed E-state index contributed by atoms with van der Waals surface area (Å²) >= 11 is 0. The van der Waals surface area contributed by atoms with Crippen molar-refractivity contribution in [2.75, 3.05) is 19.0 Å². The van der Waals surface area contributed by atoms with Crippen molar-refractivity contribution in [2.45, 2.75) is 13.8 Å². The summed E-state index contributed by atoms with van der Waals surface area (Å²) < 4.78 is 18.5. The molecule has 0 spiro atoms. The lowest BCUT2D eigenvalue weighted by molar-refractivity contribution is -0.147. The molecule has 0 aromatic heterocycles. The van der Waals surface area contributed by atoms with Gasteiger partial charge in [-0.15, -0.1) is 0 Å². The number of nitrogens with one attached hydrogen (secondary N) is 2. The monoisotopic (exact) mass is 346 g/mol. The van der Waals surface area contributed by atoms with Crippen LogP contribution >= 0.6 is 0 Å². The van der Waals surface area contributed by atoms with Crippen LogP contribution in [0.1, 0.15) is 21.5 Å². The Morgan fingerprint density at radius 1 is 1.04 bits per heavy atom. The molecular formula is C18H19FN2O4. The van der Waals surface area contributed by atoms with Crippen molar-refractivity contribution in [3.63, 3.8) is 0 Å². The fraction of sp³-hybridized carbons (Fsp3) is 0.222. The molecular weight excluding hydrogens is 327 g/mol. The van der Waals surface area contributed by atoms with E-state index in [1.165, 1.54) is 13.2 Å². The fourth-order valence-electron chi connectivity index (χ4n) is 2.10. The molecule has 0 saturated carbocycles. The Bertz CT molecular complexity index is 793. The third kappa shape index (κ3) is 5.02. The molecule has 6 nitrogen and oxygen atoms in total. The number of rotatable bonds is 6. The lowest BCUT2D eigenvalue weighted by Gasteiger charge is -2.14. The van der Waals surface area contributed by atoms with Gasteiger partial charge < -0.3 is 10.1 Å². The zero-order valence-corrected chi connectivity index (χ0v) is 14.2. The highest BCUT2D eigenvalue weighted by Crippen LogP contribution is 2.25. The first-order chi connectivity index (χ1) is 11.9. The van der Waals surface area contributed by atoms with Crippen molar-refractivity contribution >= 4 is 23.3 Å². The maximum Gasteiger partial charge on any atom is 0.334 e. The normalized spacial score (nSPS) is 10.2. The molecule has 0 aliphatic carbocycles. The average Bonchev–Trinajstić information content (AvgIpc) is 2.57. The summed E-state index contributed by atoms with van der Waals surface area (Å²) in [5.74, 6) is -1.61. The quantitative estimate of drug-likeness (QED) is 0.621. The summed E-state index contributed by atoms with van der Waals surface area (Å²) in [6, 6.07) is 9.81. The summed E-state index contributed by atoms with van der Waals surface area (Å²) in [7, 11) is 1.21. The van der Waals surface area contributed by atoms with Gasteiger partial charge in [0.1, 0.15) is 5.82 Å². The number of anilines is 2. The summed E-state index contributed by atoms with van der Waals surface area (Å²) in [5, 5.41) is 2.92. The largest absolute Gasteiger partial charge is 0.467 e. The number of amides is 1. The Morgan fingerprint density at radius 3 is 2.40 bits per heavy atom. The number of aryl methyl sites for hydroxylation is 2. The first-order valence-electron chi connectivity index (χ1n) is 7.53.